The molecule has 1 atom stereocenters. The van der Waals surface area contributed by atoms with E-state index in [1.165, 1.54) is 57.6 Å². The molecule has 44 heavy (non-hydrogen) atoms. The molecule has 0 aromatic heterocycles. The van der Waals surface area contributed by atoms with E-state index in [-0.39, 0.29) is 34.5 Å². The molecule has 3 aromatic rings. The molecule has 3 aromatic carbocycles. The maximum Gasteiger partial charge on any atom is 0.265 e. The summed E-state index contributed by atoms with van der Waals surface area (Å²) in [5, 5.41) is 2.83. The topological polar surface area (TPSA) is 124 Å². The molecule has 2 amide bonds. The first kappa shape index (κ1) is 34.5. The van der Waals surface area contributed by atoms with Gasteiger partial charge in [-0.1, -0.05) is 35.0 Å². The largest absolute Gasteiger partial charge is 0.497 e. The minimum atomic E-state index is -4.43. The molecule has 3 rings (SSSR count). The second-order valence-corrected chi connectivity index (χ2v) is 12.5. The Hall–Kier alpha value is -3.97. The number of nitrogens with zero attached hydrogens (tertiary/aromatic N) is 2. The first-order valence-corrected chi connectivity index (χ1v) is 16.0. The normalized spacial score (nSPS) is 11.7. The summed E-state index contributed by atoms with van der Waals surface area (Å²) in [5.74, 6) is 0.0957. The summed E-state index contributed by atoms with van der Waals surface area (Å²) in [6.07, 6.45) is 0.714. The van der Waals surface area contributed by atoms with E-state index in [9.17, 15) is 18.0 Å². The van der Waals surface area contributed by atoms with Crippen molar-refractivity contribution in [3.05, 3.63) is 70.7 Å². The molecule has 238 valence electrons. The second-order valence-electron chi connectivity index (χ2n) is 9.68. The van der Waals surface area contributed by atoms with Gasteiger partial charge in [0.25, 0.3) is 10.0 Å². The third-order valence-corrected chi connectivity index (χ3v) is 9.14. The average Bonchev–Trinajstić information content (AvgIpc) is 3.04. The minimum absolute atomic E-state index is 0.0618. The van der Waals surface area contributed by atoms with Crippen molar-refractivity contribution >= 4 is 43.5 Å². The van der Waals surface area contributed by atoms with Gasteiger partial charge in [-0.15, -0.1) is 0 Å². The van der Waals surface area contributed by atoms with Gasteiger partial charge in [0.15, 0.2) is 11.5 Å². The maximum atomic E-state index is 14.3. The fraction of sp³-hybridized carbons (Fsp3) is 0.355. The van der Waals surface area contributed by atoms with E-state index in [1.54, 1.807) is 19.1 Å². The maximum absolute atomic E-state index is 14.3. The fourth-order valence-corrected chi connectivity index (χ4v) is 6.07. The van der Waals surface area contributed by atoms with E-state index >= 15 is 0 Å². The van der Waals surface area contributed by atoms with Crippen molar-refractivity contribution in [2.45, 2.75) is 37.8 Å². The van der Waals surface area contributed by atoms with Gasteiger partial charge in [0.2, 0.25) is 11.8 Å². The zero-order valence-electron chi connectivity index (χ0n) is 25.6. The van der Waals surface area contributed by atoms with Gasteiger partial charge in [0.05, 0.1) is 39.0 Å². The summed E-state index contributed by atoms with van der Waals surface area (Å²) in [7, 11) is 1.25. The number of ether oxygens (including phenoxy) is 4. The standard InChI is InChI=1S/C31H38BrN3O8S/c1-7-16-33-31(37)21(2)34(19-22-8-10-23(32)11-9-22)30(36)20-35(26-17-24(40-3)12-14-27(26)41-4)44(38,39)25-13-15-28(42-5)29(18-25)43-6/h8-15,17-18,21H,7,16,19-20H2,1-6H3,(H,33,37). The molecule has 1 N–H and O–H groups in total. The van der Waals surface area contributed by atoms with Crippen LogP contribution in [0.5, 0.6) is 23.0 Å². The molecule has 0 radical (unpaired) electrons. The molecule has 11 nitrogen and oxygen atoms in total. The SMILES string of the molecule is CCCNC(=O)C(C)N(Cc1ccc(Br)cc1)C(=O)CN(c1cc(OC)ccc1OC)S(=O)(=O)c1ccc(OC)c(OC)c1. The predicted molar refractivity (Wildman–Crippen MR) is 171 cm³/mol. The van der Waals surface area contributed by atoms with Gasteiger partial charge in [-0.05, 0) is 55.3 Å². The highest BCUT2D eigenvalue weighted by molar-refractivity contribution is 9.10. The van der Waals surface area contributed by atoms with Crippen LogP contribution in [-0.4, -0.2) is 72.7 Å². The molecule has 0 fully saturated rings. The molecule has 0 heterocycles. The summed E-state index contributed by atoms with van der Waals surface area (Å²) in [6, 6.07) is 15.2. The number of nitrogens with one attached hydrogen (secondary N) is 1. The molecule has 1 unspecified atom stereocenters. The lowest BCUT2D eigenvalue weighted by atomic mass is 10.1. The van der Waals surface area contributed by atoms with Gasteiger partial charge in [-0.3, -0.25) is 13.9 Å². The van der Waals surface area contributed by atoms with E-state index < -0.39 is 28.5 Å². The number of benzene rings is 3. The number of anilines is 1. The zero-order chi connectivity index (χ0) is 32.4. The molecule has 0 spiro atoms. The number of halogens is 1. The fourth-order valence-electron chi connectivity index (χ4n) is 4.37. The molecular formula is C31H38BrN3O8S. The molecule has 0 saturated carbocycles. The van der Waals surface area contributed by atoms with Crippen LogP contribution in [0, 0.1) is 0 Å². The molecule has 0 saturated heterocycles. The van der Waals surface area contributed by atoms with E-state index in [1.807, 2.05) is 31.2 Å². The van der Waals surface area contributed by atoms with Crippen LogP contribution in [0.3, 0.4) is 0 Å². The van der Waals surface area contributed by atoms with Crippen molar-refractivity contribution in [1.29, 1.82) is 0 Å². The number of hydrogen-bond donors (Lipinski definition) is 1. The van der Waals surface area contributed by atoms with Crippen LogP contribution in [0.15, 0.2) is 70.0 Å². The van der Waals surface area contributed by atoms with Gasteiger partial charge in [0, 0.05) is 29.7 Å². The number of hydrogen-bond acceptors (Lipinski definition) is 8. The number of amides is 2. The number of rotatable bonds is 15. The summed E-state index contributed by atoms with van der Waals surface area (Å²) in [5.41, 5.74) is 0.826. The highest BCUT2D eigenvalue weighted by Gasteiger charge is 2.34. The Labute approximate surface area is 267 Å². The predicted octanol–water partition coefficient (Wildman–Crippen LogP) is 4.62. The third-order valence-electron chi connectivity index (χ3n) is 6.86. The van der Waals surface area contributed by atoms with Gasteiger partial charge < -0.3 is 29.2 Å². The molecule has 13 heteroatoms. The van der Waals surface area contributed by atoms with Crippen LogP contribution in [0.1, 0.15) is 25.8 Å². The Bertz CT molecular complexity index is 1550. The molecule has 0 bridgehead atoms. The zero-order valence-corrected chi connectivity index (χ0v) is 28.0. The third kappa shape index (κ3) is 8.14. The van der Waals surface area contributed by atoms with Crippen molar-refractivity contribution in [2.75, 3.05) is 45.8 Å². The highest BCUT2D eigenvalue weighted by Crippen LogP contribution is 2.37. The van der Waals surface area contributed by atoms with Crippen molar-refractivity contribution in [2.24, 2.45) is 0 Å². The minimum Gasteiger partial charge on any atom is -0.497 e. The quantitative estimate of drug-likeness (QED) is 0.245. The van der Waals surface area contributed by atoms with E-state index in [2.05, 4.69) is 21.2 Å². The lowest BCUT2D eigenvalue weighted by Gasteiger charge is -2.32. The summed E-state index contributed by atoms with van der Waals surface area (Å²) >= 11 is 3.41. The van der Waals surface area contributed by atoms with Crippen LogP contribution in [0.4, 0.5) is 5.69 Å². The molecule has 0 aliphatic heterocycles. The van der Waals surface area contributed by atoms with Crippen LogP contribution < -0.4 is 28.6 Å². The summed E-state index contributed by atoms with van der Waals surface area (Å²) < 4.78 is 52.0. The van der Waals surface area contributed by atoms with E-state index in [0.717, 1.165) is 14.3 Å². The van der Waals surface area contributed by atoms with Crippen molar-refractivity contribution in [3.8, 4) is 23.0 Å². The summed E-state index contributed by atoms with van der Waals surface area (Å²) in [6.45, 7) is 3.38. The number of carbonyl (C=O) groups is 2. The lowest BCUT2D eigenvalue weighted by molar-refractivity contribution is -0.139. The lowest BCUT2D eigenvalue weighted by Crippen LogP contribution is -2.51. The smallest absolute Gasteiger partial charge is 0.265 e. The number of methoxy groups -OCH3 is 4. The van der Waals surface area contributed by atoms with E-state index in [0.29, 0.717) is 24.5 Å². The number of carbonyl (C=O) groups excluding carboxylic acids is 2. The van der Waals surface area contributed by atoms with Gasteiger partial charge >= 0.3 is 0 Å². The van der Waals surface area contributed by atoms with Crippen LogP contribution >= 0.6 is 15.9 Å². The first-order valence-electron chi connectivity index (χ1n) is 13.8. The average molecular weight is 693 g/mol. The number of sulfonamides is 1. The molecule has 0 aliphatic rings. The Morgan fingerprint density at radius 1 is 0.864 bits per heavy atom. The highest BCUT2D eigenvalue weighted by atomic mass is 79.9. The van der Waals surface area contributed by atoms with Crippen molar-refractivity contribution in [3.63, 3.8) is 0 Å². The summed E-state index contributed by atoms with van der Waals surface area (Å²) in [4.78, 5) is 28.5. The van der Waals surface area contributed by atoms with Crippen molar-refractivity contribution in [1.82, 2.24) is 10.2 Å². The Morgan fingerprint density at radius 2 is 1.50 bits per heavy atom. The van der Waals surface area contributed by atoms with Crippen LogP contribution in [-0.2, 0) is 26.2 Å². The Morgan fingerprint density at radius 3 is 2.09 bits per heavy atom. The monoisotopic (exact) mass is 691 g/mol. The van der Waals surface area contributed by atoms with Crippen molar-refractivity contribution < 1.29 is 37.0 Å². The Kier molecular flexibility index (Phi) is 12.3. The molecular weight excluding hydrogens is 654 g/mol. The molecule has 0 aliphatic carbocycles. The van der Waals surface area contributed by atoms with E-state index in [4.69, 9.17) is 18.9 Å². The van der Waals surface area contributed by atoms with Gasteiger partial charge in [-0.2, -0.15) is 0 Å². The first-order chi connectivity index (χ1) is 21.0. The second kappa shape index (κ2) is 15.7. The van der Waals surface area contributed by atoms with Crippen LogP contribution in [0.2, 0.25) is 0 Å². The van der Waals surface area contributed by atoms with Gasteiger partial charge in [-0.25, -0.2) is 8.42 Å². The van der Waals surface area contributed by atoms with Gasteiger partial charge in [0.1, 0.15) is 24.1 Å². The van der Waals surface area contributed by atoms with Crippen LogP contribution in [0.25, 0.3) is 0 Å². The Balaban J connectivity index is 2.15.